The number of hydrogen-bond donors (Lipinski definition) is 2. The van der Waals surface area contributed by atoms with Crippen molar-refractivity contribution in [3.8, 4) is 10.6 Å². The third kappa shape index (κ3) is 3.41. The Morgan fingerprint density at radius 3 is 2.65 bits per heavy atom. The molecule has 3 aromatic rings. The largest absolute Gasteiger partial charge is 0.366 e. The van der Waals surface area contributed by atoms with E-state index in [1.165, 1.54) is 29.7 Å². The molecule has 0 aliphatic carbocycles. The summed E-state index contributed by atoms with van der Waals surface area (Å²) in [5.74, 6) is -0.621. The first-order valence-electron chi connectivity index (χ1n) is 6.71. The smallest absolute Gasteiger partial charge is 0.275 e. The van der Waals surface area contributed by atoms with Gasteiger partial charge in [-0.05, 0) is 12.1 Å². The van der Waals surface area contributed by atoms with Crippen LogP contribution in [0.5, 0.6) is 0 Å². The Balaban J connectivity index is 1.77. The van der Waals surface area contributed by atoms with E-state index < -0.39 is 11.8 Å². The minimum atomic E-state index is -0.610. The van der Waals surface area contributed by atoms with Crippen molar-refractivity contribution in [2.45, 2.75) is 0 Å². The number of thiazole rings is 1. The lowest BCUT2D eigenvalue weighted by Gasteiger charge is -2.02. The quantitative estimate of drug-likeness (QED) is 0.770. The van der Waals surface area contributed by atoms with E-state index in [4.69, 9.17) is 5.73 Å². The Bertz CT molecular complexity index is 861. The summed E-state index contributed by atoms with van der Waals surface area (Å²) in [4.78, 5) is 31.6. The average Bonchev–Trinajstić information content (AvgIpc) is 3.04. The van der Waals surface area contributed by atoms with Crippen molar-refractivity contribution in [3.05, 3.63) is 65.3 Å². The van der Waals surface area contributed by atoms with Gasteiger partial charge in [0, 0.05) is 22.7 Å². The summed E-state index contributed by atoms with van der Waals surface area (Å²) in [6.07, 6.45) is 1.37. The lowest BCUT2D eigenvalue weighted by molar-refractivity contribution is 0.1000. The third-order valence-electron chi connectivity index (χ3n) is 3.04. The zero-order valence-corrected chi connectivity index (χ0v) is 12.7. The predicted molar refractivity (Wildman–Crippen MR) is 88.3 cm³/mol. The monoisotopic (exact) mass is 324 g/mol. The molecule has 2 heterocycles. The molecule has 0 unspecified atom stereocenters. The summed E-state index contributed by atoms with van der Waals surface area (Å²) in [5, 5.41) is 5.21. The summed E-state index contributed by atoms with van der Waals surface area (Å²) >= 11 is 1.43. The summed E-state index contributed by atoms with van der Waals surface area (Å²) in [6, 6.07) is 12.5. The number of rotatable bonds is 4. The third-order valence-corrected chi connectivity index (χ3v) is 3.93. The summed E-state index contributed by atoms with van der Waals surface area (Å²) < 4.78 is 0. The topological polar surface area (TPSA) is 98.0 Å². The highest BCUT2D eigenvalue weighted by Crippen LogP contribution is 2.25. The molecule has 0 aliphatic heterocycles. The van der Waals surface area contributed by atoms with Crippen LogP contribution in [-0.2, 0) is 0 Å². The van der Waals surface area contributed by atoms with Gasteiger partial charge in [0.15, 0.2) is 0 Å². The average molecular weight is 324 g/mol. The number of primary amides is 1. The Kier molecular flexibility index (Phi) is 4.11. The van der Waals surface area contributed by atoms with Gasteiger partial charge in [-0.3, -0.25) is 14.6 Å². The van der Waals surface area contributed by atoms with Crippen molar-refractivity contribution in [3.63, 3.8) is 0 Å². The van der Waals surface area contributed by atoms with E-state index in [1.807, 2.05) is 30.3 Å². The number of pyridine rings is 1. The molecule has 2 amide bonds. The minimum Gasteiger partial charge on any atom is -0.366 e. The van der Waals surface area contributed by atoms with Gasteiger partial charge in [-0.15, -0.1) is 11.3 Å². The molecule has 114 valence electrons. The molecule has 0 aliphatic rings. The molecular weight excluding hydrogens is 312 g/mol. The molecule has 2 aromatic heterocycles. The van der Waals surface area contributed by atoms with Gasteiger partial charge in [0.05, 0.1) is 0 Å². The van der Waals surface area contributed by atoms with Crippen LogP contribution in [0.4, 0.5) is 5.82 Å². The van der Waals surface area contributed by atoms with Crippen molar-refractivity contribution >= 4 is 29.0 Å². The van der Waals surface area contributed by atoms with Crippen LogP contribution in [0, 0.1) is 0 Å². The SMILES string of the molecule is NC(=O)c1ccnc(C(=O)Nc2csc(-c3ccccc3)n2)c1. The maximum Gasteiger partial charge on any atom is 0.275 e. The van der Waals surface area contributed by atoms with Crippen LogP contribution in [0.2, 0.25) is 0 Å². The van der Waals surface area contributed by atoms with Gasteiger partial charge in [-0.1, -0.05) is 30.3 Å². The van der Waals surface area contributed by atoms with Crippen LogP contribution in [0.3, 0.4) is 0 Å². The molecular formula is C16H12N4O2S. The van der Waals surface area contributed by atoms with Crippen molar-refractivity contribution in [1.82, 2.24) is 9.97 Å². The number of nitrogens with two attached hydrogens (primary N) is 1. The van der Waals surface area contributed by atoms with Crippen LogP contribution in [0.25, 0.3) is 10.6 Å². The Hall–Kier alpha value is -3.06. The van der Waals surface area contributed by atoms with Crippen LogP contribution in [-0.4, -0.2) is 21.8 Å². The highest BCUT2D eigenvalue weighted by atomic mass is 32.1. The highest BCUT2D eigenvalue weighted by Gasteiger charge is 2.12. The summed E-state index contributed by atoms with van der Waals surface area (Å²) in [5.41, 5.74) is 6.51. The number of benzene rings is 1. The van der Waals surface area contributed by atoms with E-state index in [0.29, 0.717) is 5.82 Å². The van der Waals surface area contributed by atoms with Crippen molar-refractivity contribution in [2.75, 3.05) is 5.32 Å². The number of nitrogens with zero attached hydrogens (tertiary/aromatic N) is 2. The minimum absolute atomic E-state index is 0.107. The zero-order chi connectivity index (χ0) is 16.2. The van der Waals surface area contributed by atoms with Gasteiger partial charge in [0.1, 0.15) is 16.5 Å². The standard InChI is InChI=1S/C16H12N4O2S/c17-14(21)11-6-7-18-12(8-11)15(22)19-13-9-23-16(20-13)10-4-2-1-3-5-10/h1-9H,(H2,17,21)(H,19,22). The van der Waals surface area contributed by atoms with Crippen molar-refractivity contribution < 1.29 is 9.59 Å². The van der Waals surface area contributed by atoms with Gasteiger partial charge in [0.25, 0.3) is 5.91 Å². The van der Waals surface area contributed by atoms with E-state index in [9.17, 15) is 9.59 Å². The fourth-order valence-corrected chi connectivity index (χ4v) is 2.69. The first-order valence-corrected chi connectivity index (χ1v) is 7.59. The molecule has 0 atom stereocenters. The summed E-state index contributed by atoms with van der Waals surface area (Å²) in [6.45, 7) is 0. The molecule has 3 rings (SSSR count). The normalized spacial score (nSPS) is 10.3. The van der Waals surface area contributed by atoms with Gasteiger partial charge in [-0.25, -0.2) is 4.98 Å². The second-order valence-electron chi connectivity index (χ2n) is 4.65. The predicted octanol–water partition coefficient (Wildman–Crippen LogP) is 2.56. The lowest BCUT2D eigenvalue weighted by atomic mass is 10.2. The molecule has 0 fully saturated rings. The van der Waals surface area contributed by atoms with Gasteiger partial charge in [-0.2, -0.15) is 0 Å². The number of carbonyl (C=O) groups is 2. The molecule has 0 saturated heterocycles. The first kappa shape index (κ1) is 14.9. The zero-order valence-electron chi connectivity index (χ0n) is 11.9. The van der Waals surface area contributed by atoms with E-state index in [2.05, 4.69) is 15.3 Å². The van der Waals surface area contributed by atoms with Crippen LogP contribution in [0.1, 0.15) is 20.8 Å². The van der Waals surface area contributed by atoms with Crippen LogP contribution < -0.4 is 11.1 Å². The molecule has 23 heavy (non-hydrogen) atoms. The molecule has 0 saturated carbocycles. The Morgan fingerprint density at radius 1 is 1.13 bits per heavy atom. The highest BCUT2D eigenvalue weighted by molar-refractivity contribution is 7.13. The number of nitrogens with one attached hydrogen (secondary N) is 1. The maximum atomic E-state index is 12.2. The number of amides is 2. The molecule has 6 nitrogen and oxygen atoms in total. The van der Waals surface area contributed by atoms with Crippen molar-refractivity contribution in [2.24, 2.45) is 5.73 Å². The fraction of sp³-hybridized carbons (Fsp3) is 0. The van der Waals surface area contributed by atoms with E-state index in [0.717, 1.165) is 10.6 Å². The molecule has 7 heteroatoms. The summed E-state index contributed by atoms with van der Waals surface area (Å²) in [7, 11) is 0. The Labute approximate surface area is 136 Å². The number of anilines is 1. The fourth-order valence-electron chi connectivity index (χ4n) is 1.93. The number of hydrogen-bond acceptors (Lipinski definition) is 5. The van der Waals surface area contributed by atoms with Gasteiger partial charge >= 0.3 is 0 Å². The van der Waals surface area contributed by atoms with Crippen LogP contribution >= 0.6 is 11.3 Å². The Morgan fingerprint density at radius 2 is 1.91 bits per heavy atom. The van der Waals surface area contributed by atoms with E-state index in [1.54, 1.807) is 5.38 Å². The molecule has 0 spiro atoms. The van der Waals surface area contributed by atoms with Gasteiger partial charge < -0.3 is 11.1 Å². The first-order chi connectivity index (χ1) is 11.1. The van der Waals surface area contributed by atoms with E-state index >= 15 is 0 Å². The number of aromatic nitrogens is 2. The maximum absolute atomic E-state index is 12.2. The second kappa shape index (κ2) is 6.37. The molecule has 3 N–H and O–H groups in total. The van der Waals surface area contributed by atoms with E-state index in [-0.39, 0.29) is 11.3 Å². The molecule has 1 aromatic carbocycles. The second-order valence-corrected chi connectivity index (χ2v) is 5.51. The van der Waals surface area contributed by atoms with Gasteiger partial charge in [0.2, 0.25) is 5.91 Å². The van der Waals surface area contributed by atoms with Crippen molar-refractivity contribution in [1.29, 1.82) is 0 Å². The molecule has 0 radical (unpaired) electrons. The number of carbonyl (C=O) groups excluding carboxylic acids is 2. The lowest BCUT2D eigenvalue weighted by Crippen LogP contribution is -2.17. The van der Waals surface area contributed by atoms with Crippen LogP contribution in [0.15, 0.2) is 54.0 Å². The molecule has 0 bridgehead atoms.